The first kappa shape index (κ1) is 21.8. The zero-order valence-corrected chi connectivity index (χ0v) is 17.7. The minimum absolute atomic E-state index is 0.0213. The third-order valence-electron chi connectivity index (χ3n) is 4.42. The van der Waals surface area contributed by atoms with Crippen LogP contribution in [-0.2, 0) is 21.2 Å². The van der Waals surface area contributed by atoms with Crippen molar-refractivity contribution < 1.29 is 17.6 Å². The molecule has 156 valence electrons. The summed E-state index contributed by atoms with van der Waals surface area (Å²) in [7, 11) is -3.90. The summed E-state index contributed by atoms with van der Waals surface area (Å²) in [5.74, 6) is -0.840. The molecule has 0 bridgehead atoms. The number of benzene rings is 3. The topological polar surface area (TPSA) is 75.3 Å². The summed E-state index contributed by atoms with van der Waals surface area (Å²) in [5.41, 5.74) is 1.81. The van der Waals surface area contributed by atoms with Crippen LogP contribution < -0.4 is 10.6 Å². The van der Waals surface area contributed by atoms with Gasteiger partial charge in [-0.1, -0.05) is 35.9 Å². The highest BCUT2D eigenvalue weighted by Gasteiger charge is 2.22. The average molecular weight is 447 g/mol. The van der Waals surface area contributed by atoms with E-state index in [0.29, 0.717) is 5.02 Å². The van der Waals surface area contributed by atoms with E-state index >= 15 is 0 Å². The van der Waals surface area contributed by atoms with Crippen LogP contribution in [0.3, 0.4) is 0 Å². The Morgan fingerprint density at radius 3 is 2.43 bits per heavy atom. The van der Waals surface area contributed by atoms with Crippen LogP contribution in [0.4, 0.5) is 10.1 Å². The number of sulfone groups is 1. The summed E-state index contributed by atoms with van der Waals surface area (Å²) in [6.07, 6.45) is 0. The van der Waals surface area contributed by atoms with Crippen LogP contribution in [0.5, 0.6) is 0 Å². The highest BCUT2D eigenvalue weighted by molar-refractivity contribution is 7.91. The molecule has 0 aliphatic heterocycles. The highest BCUT2D eigenvalue weighted by Crippen LogP contribution is 2.29. The van der Waals surface area contributed by atoms with Gasteiger partial charge in [0.05, 0.1) is 22.0 Å². The molecule has 0 radical (unpaired) electrons. The van der Waals surface area contributed by atoms with Crippen LogP contribution >= 0.6 is 11.6 Å². The first-order valence-corrected chi connectivity index (χ1v) is 11.0. The summed E-state index contributed by atoms with van der Waals surface area (Å²) >= 11 is 6.08. The summed E-state index contributed by atoms with van der Waals surface area (Å²) in [6.45, 7) is 1.90. The number of nitrogens with one attached hydrogen (secondary N) is 2. The van der Waals surface area contributed by atoms with Crippen molar-refractivity contribution in [1.29, 1.82) is 0 Å². The lowest BCUT2D eigenvalue weighted by molar-refractivity contribution is -0.119. The summed E-state index contributed by atoms with van der Waals surface area (Å²) in [4.78, 5) is 12.2. The van der Waals surface area contributed by atoms with E-state index < -0.39 is 15.7 Å². The number of amides is 1. The van der Waals surface area contributed by atoms with E-state index in [9.17, 15) is 17.6 Å². The summed E-state index contributed by atoms with van der Waals surface area (Å²) in [6, 6.07) is 16.7. The minimum atomic E-state index is -3.90. The quantitative estimate of drug-likeness (QED) is 0.529. The van der Waals surface area contributed by atoms with Crippen LogP contribution in [0, 0.1) is 12.7 Å². The molecule has 0 saturated heterocycles. The molecule has 30 heavy (non-hydrogen) atoms. The van der Waals surface area contributed by atoms with Crippen molar-refractivity contribution in [3.63, 3.8) is 0 Å². The molecule has 0 atom stereocenters. The van der Waals surface area contributed by atoms with Gasteiger partial charge in [-0.2, -0.15) is 0 Å². The van der Waals surface area contributed by atoms with E-state index in [2.05, 4.69) is 10.6 Å². The van der Waals surface area contributed by atoms with Gasteiger partial charge >= 0.3 is 0 Å². The molecule has 3 aromatic rings. The van der Waals surface area contributed by atoms with Crippen molar-refractivity contribution >= 4 is 33.0 Å². The van der Waals surface area contributed by atoms with Gasteiger partial charge in [0.15, 0.2) is 0 Å². The largest absolute Gasteiger partial charge is 0.375 e. The summed E-state index contributed by atoms with van der Waals surface area (Å²) < 4.78 is 39.3. The van der Waals surface area contributed by atoms with Crippen LogP contribution in [0.1, 0.15) is 11.1 Å². The smallest absolute Gasteiger partial charge is 0.239 e. The first-order chi connectivity index (χ1) is 14.3. The Morgan fingerprint density at radius 1 is 1.03 bits per heavy atom. The number of rotatable bonds is 7. The lowest BCUT2D eigenvalue weighted by Crippen LogP contribution is -2.29. The van der Waals surface area contributed by atoms with E-state index in [1.807, 2.05) is 12.1 Å². The molecule has 0 spiro atoms. The van der Waals surface area contributed by atoms with Gasteiger partial charge in [0.25, 0.3) is 0 Å². The van der Waals surface area contributed by atoms with E-state index in [4.69, 9.17) is 11.6 Å². The molecule has 2 N–H and O–H groups in total. The predicted molar refractivity (Wildman–Crippen MR) is 115 cm³/mol. The average Bonchev–Trinajstić information content (AvgIpc) is 2.72. The number of carbonyl (C=O) groups is 1. The zero-order valence-electron chi connectivity index (χ0n) is 16.2. The Bertz CT molecular complexity index is 1170. The number of hydrogen-bond acceptors (Lipinski definition) is 4. The zero-order chi connectivity index (χ0) is 21.7. The van der Waals surface area contributed by atoms with Crippen LogP contribution in [0.15, 0.2) is 76.5 Å². The number of halogens is 2. The van der Waals surface area contributed by atoms with Gasteiger partial charge in [-0.15, -0.1) is 0 Å². The molecule has 0 aliphatic carbocycles. The molecule has 3 aromatic carbocycles. The van der Waals surface area contributed by atoms with E-state index in [-0.39, 0.29) is 34.5 Å². The van der Waals surface area contributed by atoms with Crippen molar-refractivity contribution in [2.24, 2.45) is 0 Å². The molecule has 8 heteroatoms. The molecule has 0 aromatic heterocycles. The van der Waals surface area contributed by atoms with E-state index in [1.54, 1.807) is 31.2 Å². The number of anilines is 1. The van der Waals surface area contributed by atoms with Gasteiger partial charge in [0, 0.05) is 11.6 Å². The Balaban J connectivity index is 1.75. The third kappa shape index (κ3) is 5.17. The van der Waals surface area contributed by atoms with Crippen molar-refractivity contribution in [3.8, 4) is 0 Å². The molecule has 0 heterocycles. The number of aryl methyl sites for hydroxylation is 1. The van der Waals surface area contributed by atoms with E-state index in [1.165, 1.54) is 18.2 Å². The molecule has 0 aliphatic rings. The molecule has 0 saturated carbocycles. The maximum atomic E-state index is 13.2. The van der Waals surface area contributed by atoms with Gasteiger partial charge in [0.2, 0.25) is 15.7 Å². The van der Waals surface area contributed by atoms with Crippen molar-refractivity contribution in [3.05, 3.63) is 88.7 Å². The Kier molecular flexibility index (Phi) is 6.74. The first-order valence-electron chi connectivity index (χ1n) is 9.12. The fraction of sp³-hybridized carbons (Fsp3) is 0.136. The van der Waals surface area contributed by atoms with Crippen LogP contribution in [0.2, 0.25) is 5.02 Å². The minimum Gasteiger partial charge on any atom is -0.375 e. The molecular weight excluding hydrogens is 427 g/mol. The SMILES string of the molecule is Cc1ccc(NCC(=O)NCc2ccccc2Cl)c(S(=O)(=O)c2ccc(F)cc2)c1. The van der Waals surface area contributed by atoms with Crippen LogP contribution in [-0.4, -0.2) is 20.9 Å². The number of hydrogen-bond donors (Lipinski definition) is 2. The van der Waals surface area contributed by atoms with Crippen LogP contribution in [0.25, 0.3) is 0 Å². The molecule has 5 nitrogen and oxygen atoms in total. The fourth-order valence-corrected chi connectivity index (χ4v) is 4.53. The lowest BCUT2D eigenvalue weighted by atomic mass is 10.2. The standard InChI is InChI=1S/C22H20ClFN2O3S/c1-15-6-11-20(21(12-15)30(28,29)18-9-7-17(24)8-10-18)25-14-22(27)26-13-16-4-2-3-5-19(16)23/h2-12,25H,13-14H2,1H3,(H,26,27). The normalized spacial score (nSPS) is 11.2. The second-order valence-electron chi connectivity index (χ2n) is 6.68. The van der Waals surface area contributed by atoms with Gasteiger partial charge in [-0.3, -0.25) is 4.79 Å². The van der Waals surface area contributed by atoms with Crippen molar-refractivity contribution in [1.82, 2.24) is 5.32 Å². The van der Waals surface area contributed by atoms with Gasteiger partial charge in [-0.05, 0) is 60.5 Å². The fourth-order valence-electron chi connectivity index (χ4n) is 2.81. The molecule has 0 unspecified atom stereocenters. The van der Waals surface area contributed by atoms with Gasteiger partial charge in [0.1, 0.15) is 5.82 Å². The van der Waals surface area contributed by atoms with Gasteiger partial charge < -0.3 is 10.6 Å². The Labute approximate surface area is 179 Å². The molecule has 3 rings (SSSR count). The summed E-state index contributed by atoms with van der Waals surface area (Å²) in [5, 5.41) is 6.17. The second kappa shape index (κ2) is 9.28. The predicted octanol–water partition coefficient (Wildman–Crippen LogP) is 4.35. The maximum absolute atomic E-state index is 13.2. The highest BCUT2D eigenvalue weighted by atomic mass is 35.5. The Morgan fingerprint density at radius 2 is 1.73 bits per heavy atom. The number of carbonyl (C=O) groups excluding carboxylic acids is 1. The maximum Gasteiger partial charge on any atom is 0.239 e. The third-order valence-corrected chi connectivity index (χ3v) is 6.60. The van der Waals surface area contributed by atoms with Gasteiger partial charge in [-0.25, -0.2) is 12.8 Å². The molecule has 1 amide bonds. The van der Waals surface area contributed by atoms with E-state index in [0.717, 1.165) is 23.3 Å². The van der Waals surface area contributed by atoms with Crippen molar-refractivity contribution in [2.75, 3.05) is 11.9 Å². The molecule has 0 fully saturated rings. The Hall–Kier alpha value is -2.90. The monoisotopic (exact) mass is 446 g/mol. The van der Waals surface area contributed by atoms with Crippen molar-refractivity contribution in [2.45, 2.75) is 23.3 Å². The second-order valence-corrected chi connectivity index (χ2v) is 9.00. The molecular formula is C22H20ClFN2O3S. The lowest BCUT2D eigenvalue weighted by Gasteiger charge is -2.14.